The van der Waals surface area contributed by atoms with E-state index in [0.29, 0.717) is 15.8 Å². The summed E-state index contributed by atoms with van der Waals surface area (Å²) >= 11 is 2.67. The van der Waals surface area contributed by atoms with Gasteiger partial charge in [0.05, 0.1) is 22.7 Å². The van der Waals surface area contributed by atoms with Crippen LogP contribution >= 0.6 is 23.1 Å². The van der Waals surface area contributed by atoms with Crippen LogP contribution in [0.5, 0.6) is 0 Å². The van der Waals surface area contributed by atoms with E-state index < -0.39 is 11.7 Å². The molecule has 28 heavy (non-hydrogen) atoms. The molecule has 0 unspecified atom stereocenters. The van der Waals surface area contributed by atoms with E-state index in [1.807, 2.05) is 36.6 Å². The van der Waals surface area contributed by atoms with Gasteiger partial charge in [-0.15, -0.1) is 23.1 Å². The Kier molecular flexibility index (Phi) is 6.35. The third kappa shape index (κ3) is 5.56. The molecule has 0 aliphatic carbocycles. The molecule has 146 valence electrons. The maximum absolute atomic E-state index is 12.5. The first kappa shape index (κ1) is 20.3. The number of halogens is 3. The summed E-state index contributed by atoms with van der Waals surface area (Å²) in [6, 6.07) is 9.88. The summed E-state index contributed by atoms with van der Waals surface area (Å²) in [5, 5.41) is 5.87. The predicted octanol–water partition coefficient (Wildman–Crippen LogP) is 5.34. The van der Waals surface area contributed by atoms with Crippen molar-refractivity contribution in [3.8, 4) is 0 Å². The lowest BCUT2D eigenvalue weighted by molar-refractivity contribution is -0.137. The highest BCUT2D eigenvalue weighted by atomic mass is 32.2. The highest BCUT2D eigenvalue weighted by molar-refractivity contribution is 7.98. The SMILES string of the molecule is Cc1ccccc1NC(=O)Cc1nc(CSc2ccc(C(F)(F)F)cn2)cs1. The number of anilines is 1. The van der Waals surface area contributed by atoms with Crippen LogP contribution in [0.2, 0.25) is 0 Å². The Morgan fingerprint density at radius 3 is 2.68 bits per heavy atom. The van der Waals surface area contributed by atoms with E-state index >= 15 is 0 Å². The number of carbonyl (C=O) groups excluding carboxylic acids is 1. The summed E-state index contributed by atoms with van der Waals surface area (Å²) in [7, 11) is 0. The summed E-state index contributed by atoms with van der Waals surface area (Å²) in [4.78, 5) is 20.4. The van der Waals surface area contributed by atoms with Gasteiger partial charge in [-0.3, -0.25) is 4.79 Å². The number of para-hydroxylation sites is 1. The zero-order valence-electron chi connectivity index (χ0n) is 14.8. The zero-order valence-corrected chi connectivity index (χ0v) is 16.4. The minimum atomic E-state index is -4.39. The van der Waals surface area contributed by atoms with Gasteiger partial charge in [0.1, 0.15) is 5.01 Å². The number of hydrogen-bond acceptors (Lipinski definition) is 5. The van der Waals surface area contributed by atoms with E-state index in [0.717, 1.165) is 29.2 Å². The maximum Gasteiger partial charge on any atom is 0.417 e. The second kappa shape index (κ2) is 8.74. The first-order valence-electron chi connectivity index (χ1n) is 8.26. The van der Waals surface area contributed by atoms with E-state index in [4.69, 9.17) is 0 Å². The van der Waals surface area contributed by atoms with Gasteiger partial charge in [0.25, 0.3) is 0 Å². The number of nitrogens with zero attached hydrogens (tertiary/aromatic N) is 2. The minimum absolute atomic E-state index is 0.146. The van der Waals surface area contributed by atoms with Crippen molar-refractivity contribution in [3.63, 3.8) is 0 Å². The molecule has 4 nitrogen and oxygen atoms in total. The lowest BCUT2D eigenvalue weighted by Crippen LogP contribution is -2.15. The number of rotatable bonds is 6. The number of carbonyl (C=O) groups is 1. The average Bonchev–Trinajstić information content (AvgIpc) is 3.09. The highest BCUT2D eigenvalue weighted by Gasteiger charge is 2.30. The number of hydrogen-bond donors (Lipinski definition) is 1. The van der Waals surface area contributed by atoms with E-state index in [-0.39, 0.29) is 12.3 Å². The maximum atomic E-state index is 12.5. The molecular formula is C19H16F3N3OS2. The van der Waals surface area contributed by atoms with Crippen molar-refractivity contribution in [1.82, 2.24) is 9.97 Å². The molecule has 0 atom stereocenters. The number of thioether (sulfide) groups is 1. The van der Waals surface area contributed by atoms with E-state index in [1.54, 1.807) is 0 Å². The molecule has 0 saturated heterocycles. The van der Waals surface area contributed by atoms with Crippen LogP contribution in [-0.2, 0) is 23.1 Å². The number of aromatic nitrogens is 2. The van der Waals surface area contributed by atoms with Gasteiger partial charge in [-0.2, -0.15) is 13.2 Å². The number of pyridine rings is 1. The molecule has 0 radical (unpaired) electrons. The number of benzene rings is 1. The summed E-state index contributed by atoms with van der Waals surface area (Å²) in [5.74, 6) is 0.320. The summed E-state index contributed by atoms with van der Waals surface area (Å²) in [5.41, 5.74) is 1.74. The van der Waals surface area contributed by atoms with Gasteiger partial charge < -0.3 is 5.32 Å². The molecule has 0 saturated carbocycles. The molecule has 1 amide bonds. The highest BCUT2D eigenvalue weighted by Crippen LogP contribution is 2.30. The van der Waals surface area contributed by atoms with Crippen LogP contribution in [0.25, 0.3) is 0 Å². The average molecular weight is 423 g/mol. The van der Waals surface area contributed by atoms with Crippen LogP contribution in [-0.4, -0.2) is 15.9 Å². The lowest BCUT2D eigenvalue weighted by Gasteiger charge is -2.06. The van der Waals surface area contributed by atoms with E-state index in [2.05, 4.69) is 15.3 Å². The fourth-order valence-electron chi connectivity index (χ4n) is 2.32. The third-order valence-corrected chi connectivity index (χ3v) is 5.64. The van der Waals surface area contributed by atoms with Crippen molar-refractivity contribution in [2.45, 2.75) is 30.3 Å². The standard InChI is InChI=1S/C19H16F3N3OS2/c1-12-4-2-3-5-15(12)25-16(26)8-18-24-14(11-28-18)10-27-17-7-6-13(9-23-17)19(20,21)22/h2-7,9,11H,8,10H2,1H3,(H,25,26). The number of thiazole rings is 1. The largest absolute Gasteiger partial charge is 0.417 e. The normalized spacial score (nSPS) is 11.4. The summed E-state index contributed by atoms with van der Waals surface area (Å²) < 4.78 is 37.6. The van der Waals surface area contributed by atoms with Crippen molar-refractivity contribution in [1.29, 1.82) is 0 Å². The smallest absolute Gasteiger partial charge is 0.325 e. The molecule has 9 heteroatoms. The Labute approximate surface area is 168 Å². The molecule has 0 bridgehead atoms. The minimum Gasteiger partial charge on any atom is -0.325 e. The molecule has 1 aromatic carbocycles. The fraction of sp³-hybridized carbons (Fsp3) is 0.211. The number of aryl methyl sites for hydroxylation is 1. The Morgan fingerprint density at radius 2 is 2.00 bits per heavy atom. The van der Waals surface area contributed by atoms with E-state index in [9.17, 15) is 18.0 Å². The van der Waals surface area contributed by atoms with Crippen LogP contribution < -0.4 is 5.32 Å². The van der Waals surface area contributed by atoms with Gasteiger partial charge in [0, 0.05) is 23.0 Å². The molecular weight excluding hydrogens is 407 g/mol. The van der Waals surface area contributed by atoms with Gasteiger partial charge in [-0.1, -0.05) is 18.2 Å². The summed E-state index contributed by atoms with van der Waals surface area (Å²) in [6.45, 7) is 1.92. The van der Waals surface area contributed by atoms with Crippen LogP contribution in [0.1, 0.15) is 21.8 Å². The number of amides is 1. The van der Waals surface area contributed by atoms with Crippen LogP contribution in [0.4, 0.5) is 18.9 Å². The first-order chi connectivity index (χ1) is 13.3. The topological polar surface area (TPSA) is 54.9 Å². The number of alkyl halides is 3. The van der Waals surface area contributed by atoms with Gasteiger partial charge in [-0.05, 0) is 30.7 Å². The summed E-state index contributed by atoms with van der Waals surface area (Å²) in [6.07, 6.45) is -3.40. The monoisotopic (exact) mass is 423 g/mol. The van der Waals surface area contributed by atoms with Crippen molar-refractivity contribution < 1.29 is 18.0 Å². The van der Waals surface area contributed by atoms with Gasteiger partial charge in [0.2, 0.25) is 5.91 Å². The number of nitrogens with one attached hydrogen (secondary N) is 1. The molecule has 0 aliphatic heterocycles. The van der Waals surface area contributed by atoms with Gasteiger partial charge in [-0.25, -0.2) is 9.97 Å². The fourth-order valence-corrected chi connectivity index (χ4v) is 3.96. The Hall–Kier alpha value is -2.39. The van der Waals surface area contributed by atoms with Crippen molar-refractivity contribution in [2.24, 2.45) is 0 Å². The second-order valence-corrected chi connectivity index (χ2v) is 7.88. The van der Waals surface area contributed by atoms with Crippen molar-refractivity contribution in [3.05, 3.63) is 69.8 Å². The lowest BCUT2D eigenvalue weighted by atomic mass is 10.2. The third-order valence-electron chi connectivity index (χ3n) is 3.76. The molecule has 3 aromatic rings. The van der Waals surface area contributed by atoms with Crippen LogP contribution in [0, 0.1) is 6.92 Å². The van der Waals surface area contributed by atoms with Crippen molar-refractivity contribution >= 4 is 34.7 Å². The molecule has 0 spiro atoms. The molecule has 0 aliphatic rings. The van der Waals surface area contributed by atoms with Gasteiger partial charge in [0.15, 0.2) is 0 Å². The molecule has 0 fully saturated rings. The molecule has 3 rings (SSSR count). The quantitative estimate of drug-likeness (QED) is 0.544. The molecule has 2 heterocycles. The first-order valence-corrected chi connectivity index (χ1v) is 10.1. The molecule has 1 N–H and O–H groups in total. The Bertz CT molecular complexity index is 956. The zero-order chi connectivity index (χ0) is 20.1. The Morgan fingerprint density at radius 1 is 1.21 bits per heavy atom. The Balaban J connectivity index is 1.53. The van der Waals surface area contributed by atoms with Crippen LogP contribution in [0.3, 0.4) is 0 Å². The van der Waals surface area contributed by atoms with Crippen LogP contribution in [0.15, 0.2) is 53.0 Å². The molecule has 2 aromatic heterocycles. The van der Waals surface area contributed by atoms with Crippen molar-refractivity contribution in [2.75, 3.05) is 5.32 Å². The van der Waals surface area contributed by atoms with E-state index in [1.165, 1.54) is 29.2 Å². The second-order valence-electron chi connectivity index (χ2n) is 5.94. The van der Waals surface area contributed by atoms with Gasteiger partial charge >= 0.3 is 6.18 Å². The predicted molar refractivity (Wildman–Crippen MR) is 104 cm³/mol.